The first-order chi connectivity index (χ1) is 6.65. The summed E-state index contributed by atoms with van der Waals surface area (Å²) in [6.07, 6.45) is 10.1. The second-order valence-corrected chi connectivity index (χ2v) is 3.95. The Kier molecular flexibility index (Phi) is 3.94. The molecule has 14 heavy (non-hydrogen) atoms. The summed E-state index contributed by atoms with van der Waals surface area (Å²) in [6, 6.07) is 0. The lowest BCUT2D eigenvalue weighted by Crippen LogP contribution is -1.92. The molecule has 1 aliphatic carbocycles. The van der Waals surface area contributed by atoms with Crippen molar-refractivity contribution in [2.75, 3.05) is 0 Å². The molecule has 0 unspecified atom stereocenters. The third kappa shape index (κ3) is 2.73. The number of allylic oxidation sites excluding steroid dienone is 7. The lowest BCUT2D eigenvalue weighted by molar-refractivity contribution is 0.964. The summed E-state index contributed by atoms with van der Waals surface area (Å²) in [5.74, 6) is 0. The van der Waals surface area contributed by atoms with Crippen molar-refractivity contribution < 1.29 is 0 Å². The van der Waals surface area contributed by atoms with E-state index in [0.717, 1.165) is 19.3 Å². The minimum atomic E-state index is 1.14. The molecular formula is C14H20. The van der Waals surface area contributed by atoms with Gasteiger partial charge in [0.25, 0.3) is 0 Å². The van der Waals surface area contributed by atoms with Crippen molar-refractivity contribution in [3.8, 4) is 0 Å². The Morgan fingerprint density at radius 1 is 1.50 bits per heavy atom. The maximum absolute atomic E-state index is 4.06. The van der Waals surface area contributed by atoms with Crippen molar-refractivity contribution in [2.45, 2.75) is 40.0 Å². The van der Waals surface area contributed by atoms with Gasteiger partial charge in [-0.15, -0.1) is 0 Å². The summed E-state index contributed by atoms with van der Waals surface area (Å²) in [7, 11) is 0. The summed E-state index contributed by atoms with van der Waals surface area (Å²) in [5.41, 5.74) is 5.45. The number of hydrogen-bond donors (Lipinski definition) is 0. The quantitative estimate of drug-likeness (QED) is 0.595. The smallest absolute Gasteiger partial charge is 0.0238 e. The van der Waals surface area contributed by atoms with Crippen LogP contribution in [0.15, 0.2) is 47.1 Å². The monoisotopic (exact) mass is 188 g/mol. The van der Waals surface area contributed by atoms with Gasteiger partial charge in [0.15, 0.2) is 0 Å². The highest BCUT2D eigenvalue weighted by molar-refractivity contribution is 5.44. The van der Waals surface area contributed by atoms with Crippen LogP contribution in [-0.2, 0) is 0 Å². The van der Waals surface area contributed by atoms with Gasteiger partial charge in [0.2, 0.25) is 0 Å². The standard InChI is InChI=1S/C14H20/c1-5-11(2)13(4)10-14-9-7-6-8-12(14)3/h6,8,10H,3,5,7,9H2,1-2,4H3/b13-11+,14-10-. The molecule has 0 heterocycles. The third-order valence-electron chi connectivity index (χ3n) is 2.91. The van der Waals surface area contributed by atoms with Crippen LogP contribution in [0.2, 0.25) is 0 Å². The van der Waals surface area contributed by atoms with Crippen LogP contribution in [0.4, 0.5) is 0 Å². The van der Waals surface area contributed by atoms with Gasteiger partial charge in [0.05, 0.1) is 0 Å². The zero-order valence-corrected chi connectivity index (χ0v) is 9.56. The molecule has 0 bridgehead atoms. The minimum Gasteiger partial charge on any atom is -0.0915 e. The zero-order chi connectivity index (χ0) is 10.6. The molecule has 0 N–H and O–H groups in total. The highest BCUT2D eigenvalue weighted by atomic mass is 14.1. The maximum Gasteiger partial charge on any atom is -0.0238 e. The number of hydrogen-bond acceptors (Lipinski definition) is 0. The number of rotatable bonds is 2. The molecule has 0 aromatic carbocycles. The van der Waals surface area contributed by atoms with E-state index in [1.54, 1.807) is 0 Å². The fraction of sp³-hybridized carbons (Fsp3) is 0.429. The highest BCUT2D eigenvalue weighted by Gasteiger charge is 2.04. The topological polar surface area (TPSA) is 0 Å². The molecule has 0 atom stereocenters. The van der Waals surface area contributed by atoms with Crippen LogP contribution in [0.3, 0.4) is 0 Å². The summed E-state index contributed by atoms with van der Waals surface area (Å²) in [5, 5.41) is 0. The molecule has 0 saturated carbocycles. The Hall–Kier alpha value is -1.04. The second kappa shape index (κ2) is 4.99. The molecule has 0 nitrogen and oxygen atoms in total. The molecule has 0 radical (unpaired) electrons. The lowest BCUT2D eigenvalue weighted by Gasteiger charge is -2.12. The van der Waals surface area contributed by atoms with Crippen LogP contribution in [0.1, 0.15) is 40.0 Å². The predicted octanol–water partition coefficient (Wildman–Crippen LogP) is 4.57. The molecule has 76 valence electrons. The van der Waals surface area contributed by atoms with Crippen LogP contribution in [0, 0.1) is 0 Å². The van der Waals surface area contributed by atoms with Crippen LogP contribution >= 0.6 is 0 Å². The second-order valence-electron chi connectivity index (χ2n) is 3.95. The van der Waals surface area contributed by atoms with Crippen LogP contribution in [0.25, 0.3) is 0 Å². The first kappa shape index (κ1) is 11.0. The largest absolute Gasteiger partial charge is 0.0915 e. The molecule has 1 rings (SSSR count). The van der Waals surface area contributed by atoms with E-state index in [2.05, 4.69) is 45.6 Å². The van der Waals surface area contributed by atoms with Crippen molar-refractivity contribution in [1.82, 2.24) is 0 Å². The molecule has 0 amide bonds. The predicted molar refractivity (Wildman–Crippen MR) is 64.3 cm³/mol. The van der Waals surface area contributed by atoms with Crippen molar-refractivity contribution in [3.63, 3.8) is 0 Å². The van der Waals surface area contributed by atoms with E-state index in [0.29, 0.717) is 0 Å². The SMILES string of the molecule is C=C1C=CCC/C1=C/C(C)=C(\C)CC. The van der Waals surface area contributed by atoms with E-state index in [1.807, 2.05) is 0 Å². The maximum atomic E-state index is 4.06. The highest BCUT2D eigenvalue weighted by Crippen LogP contribution is 2.24. The molecule has 0 aromatic heterocycles. The fourth-order valence-electron chi connectivity index (χ4n) is 1.56. The molecule has 0 fully saturated rings. The molecule has 0 spiro atoms. The molecular weight excluding hydrogens is 168 g/mol. The van der Waals surface area contributed by atoms with E-state index in [-0.39, 0.29) is 0 Å². The van der Waals surface area contributed by atoms with E-state index in [4.69, 9.17) is 0 Å². The molecule has 0 aliphatic heterocycles. The van der Waals surface area contributed by atoms with E-state index < -0.39 is 0 Å². The lowest BCUT2D eigenvalue weighted by atomic mass is 9.94. The van der Waals surface area contributed by atoms with Gasteiger partial charge in [-0.05, 0) is 44.3 Å². The molecule has 0 heteroatoms. The third-order valence-corrected chi connectivity index (χ3v) is 2.91. The fourth-order valence-corrected chi connectivity index (χ4v) is 1.56. The van der Waals surface area contributed by atoms with Crippen molar-refractivity contribution in [2.24, 2.45) is 0 Å². The van der Waals surface area contributed by atoms with Crippen molar-refractivity contribution >= 4 is 0 Å². The average Bonchev–Trinajstić information content (AvgIpc) is 2.20. The van der Waals surface area contributed by atoms with Gasteiger partial charge >= 0.3 is 0 Å². The molecule has 0 saturated heterocycles. The Morgan fingerprint density at radius 3 is 2.79 bits per heavy atom. The minimum absolute atomic E-state index is 1.14. The zero-order valence-electron chi connectivity index (χ0n) is 9.56. The van der Waals surface area contributed by atoms with Gasteiger partial charge in [-0.2, -0.15) is 0 Å². The van der Waals surface area contributed by atoms with Crippen LogP contribution in [-0.4, -0.2) is 0 Å². The van der Waals surface area contributed by atoms with Crippen molar-refractivity contribution in [3.05, 3.63) is 47.1 Å². The summed E-state index contributed by atoms with van der Waals surface area (Å²) < 4.78 is 0. The van der Waals surface area contributed by atoms with E-state index in [9.17, 15) is 0 Å². The Bertz CT molecular complexity index is 311. The molecule has 1 aliphatic rings. The van der Waals surface area contributed by atoms with Gasteiger partial charge in [0.1, 0.15) is 0 Å². The van der Waals surface area contributed by atoms with E-state index in [1.165, 1.54) is 22.3 Å². The van der Waals surface area contributed by atoms with Gasteiger partial charge < -0.3 is 0 Å². The normalized spacial score (nSPS) is 21.4. The van der Waals surface area contributed by atoms with E-state index >= 15 is 0 Å². The van der Waals surface area contributed by atoms with Gasteiger partial charge in [-0.25, -0.2) is 0 Å². The van der Waals surface area contributed by atoms with Crippen LogP contribution < -0.4 is 0 Å². The van der Waals surface area contributed by atoms with Gasteiger partial charge in [0, 0.05) is 0 Å². The van der Waals surface area contributed by atoms with Crippen LogP contribution in [0.5, 0.6) is 0 Å². The summed E-state index contributed by atoms with van der Waals surface area (Å²) in [4.78, 5) is 0. The Morgan fingerprint density at radius 2 is 2.21 bits per heavy atom. The average molecular weight is 188 g/mol. The Labute approximate surface area is 87.7 Å². The first-order valence-electron chi connectivity index (χ1n) is 5.38. The summed E-state index contributed by atoms with van der Waals surface area (Å²) in [6.45, 7) is 10.7. The summed E-state index contributed by atoms with van der Waals surface area (Å²) >= 11 is 0. The van der Waals surface area contributed by atoms with Gasteiger partial charge in [-0.3, -0.25) is 0 Å². The van der Waals surface area contributed by atoms with Crippen molar-refractivity contribution in [1.29, 1.82) is 0 Å². The Balaban J connectivity index is 2.88. The molecule has 0 aromatic rings. The van der Waals surface area contributed by atoms with Gasteiger partial charge in [-0.1, -0.05) is 42.9 Å². The first-order valence-corrected chi connectivity index (χ1v) is 5.38.